The van der Waals surface area contributed by atoms with Crippen molar-refractivity contribution in [2.24, 2.45) is 0 Å². The Balaban J connectivity index is 1.76. The molecular weight excluding hydrogens is 283 g/mol. The molecule has 0 atom stereocenters. The van der Waals surface area contributed by atoms with Crippen molar-refractivity contribution in [1.29, 1.82) is 0 Å². The summed E-state index contributed by atoms with van der Waals surface area (Å²) in [5.41, 5.74) is 1.63. The van der Waals surface area contributed by atoms with Gasteiger partial charge in [0.05, 0.1) is 5.56 Å². The van der Waals surface area contributed by atoms with E-state index in [-0.39, 0.29) is 12.1 Å². The normalized spacial score (nSPS) is 10.6. The van der Waals surface area contributed by atoms with Crippen LogP contribution in [0.5, 0.6) is 0 Å². The molecule has 0 unspecified atom stereocenters. The fourth-order valence-corrected chi connectivity index (χ4v) is 2.27. The van der Waals surface area contributed by atoms with Gasteiger partial charge in [0.25, 0.3) is 11.7 Å². The van der Waals surface area contributed by atoms with Gasteiger partial charge in [0.15, 0.2) is 0 Å². The van der Waals surface area contributed by atoms with Crippen LogP contribution in [0.1, 0.15) is 15.9 Å². The molecule has 5 heteroatoms. The zero-order valence-corrected chi connectivity index (χ0v) is 11.6. The van der Waals surface area contributed by atoms with E-state index in [0.717, 1.165) is 5.56 Å². The van der Waals surface area contributed by atoms with E-state index in [0.29, 0.717) is 10.9 Å². The predicted molar refractivity (Wildman–Crippen MR) is 80.9 cm³/mol. The highest BCUT2D eigenvalue weighted by atomic mass is 19.1. The van der Waals surface area contributed by atoms with Crippen molar-refractivity contribution < 1.29 is 14.0 Å². The third kappa shape index (κ3) is 2.74. The second kappa shape index (κ2) is 5.81. The molecule has 4 nitrogen and oxygen atoms in total. The van der Waals surface area contributed by atoms with E-state index in [1.807, 2.05) is 30.3 Å². The second-order valence-corrected chi connectivity index (χ2v) is 4.89. The Labute approximate surface area is 126 Å². The van der Waals surface area contributed by atoms with E-state index in [1.165, 1.54) is 24.4 Å². The highest BCUT2D eigenvalue weighted by molar-refractivity contribution is 6.44. The lowest BCUT2D eigenvalue weighted by Crippen LogP contribution is -2.30. The van der Waals surface area contributed by atoms with Crippen LogP contribution in [0.25, 0.3) is 10.9 Å². The molecule has 0 aliphatic heterocycles. The van der Waals surface area contributed by atoms with Crippen molar-refractivity contribution in [1.82, 2.24) is 10.3 Å². The molecular formula is C17H13FN2O2. The first-order chi connectivity index (χ1) is 10.6. The monoisotopic (exact) mass is 296 g/mol. The highest BCUT2D eigenvalue weighted by Crippen LogP contribution is 2.19. The quantitative estimate of drug-likeness (QED) is 0.574. The smallest absolute Gasteiger partial charge is 0.292 e. The van der Waals surface area contributed by atoms with E-state index in [1.54, 1.807) is 0 Å². The number of H-pyrrole nitrogens is 1. The number of carbonyl (C=O) groups excluding carboxylic acids is 2. The first kappa shape index (κ1) is 14.0. The lowest BCUT2D eigenvalue weighted by Gasteiger charge is -2.04. The molecule has 1 aromatic heterocycles. The number of aromatic amines is 1. The first-order valence-corrected chi connectivity index (χ1v) is 6.78. The summed E-state index contributed by atoms with van der Waals surface area (Å²) in [4.78, 5) is 27.0. The third-order valence-electron chi connectivity index (χ3n) is 3.39. The fraction of sp³-hybridized carbons (Fsp3) is 0.0588. The van der Waals surface area contributed by atoms with Crippen molar-refractivity contribution in [3.63, 3.8) is 0 Å². The predicted octanol–water partition coefficient (Wildman–Crippen LogP) is 2.81. The summed E-state index contributed by atoms with van der Waals surface area (Å²) in [6.07, 6.45) is 1.43. The van der Waals surface area contributed by atoms with E-state index in [4.69, 9.17) is 0 Å². The number of amides is 1. The average molecular weight is 296 g/mol. The minimum atomic E-state index is -0.686. The van der Waals surface area contributed by atoms with Gasteiger partial charge in [-0.25, -0.2) is 4.39 Å². The number of carbonyl (C=O) groups is 2. The van der Waals surface area contributed by atoms with Crippen molar-refractivity contribution in [3.05, 3.63) is 71.7 Å². The van der Waals surface area contributed by atoms with E-state index in [9.17, 15) is 14.0 Å². The topological polar surface area (TPSA) is 62.0 Å². The van der Waals surface area contributed by atoms with Crippen LogP contribution < -0.4 is 5.32 Å². The van der Waals surface area contributed by atoms with Gasteiger partial charge in [-0.3, -0.25) is 9.59 Å². The van der Waals surface area contributed by atoms with Crippen LogP contribution in [0.15, 0.2) is 54.7 Å². The van der Waals surface area contributed by atoms with Crippen LogP contribution in [0, 0.1) is 5.82 Å². The maximum absolute atomic E-state index is 13.1. The number of hydrogen-bond acceptors (Lipinski definition) is 2. The molecule has 2 N–H and O–H groups in total. The van der Waals surface area contributed by atoms with Crippen LogP contribution in [0.3, 0.4) is 0 Å². The highest BCUT2D eigenvalue weighted by Gasteiger charge is 2.19. The van der Waals surface area contributed by atoms with Gasteiger partial charge in [0.1, 0.15) is 5.82 Å². The standard InChI is InChI=1S/C17H13FN2O2/c18-12-6-7-13-14(10-19-15(13)8-12)16(21)17(22)20-9-11-4-2-1-3-5-11/h1-8,10,19H,9H2,(H,20,22). The van der Waals surface area contributed by atoms with Crippen LogP contribution in [0.2, 0.25) is 0 Å². The summed E-state index contributed by atoms with van der Waals surface area (Å²) in [5, 5.41) is 3.12. The number of fused-ring (bicyclic) bond motifs is 1. The zero-order valence-electron chi connectivity index (χ0n) is 11.6. The Kier molecular flexibility index (Phi) is 3.70. The van der Waals surface area contributed by atoms with Crippen LogP contribution in [-0.4, -0.2) is 16.7 Å². The Bertz CT molecular complexity index is 840. The molecule has 0 fully saturated rings. The van der Waals surface area contributed by atoms with Gasteiger partial charge in [-0.05, 0) is 23.8 Å². The lowest BCUT2D eigenvalue weighted by atomic mass is 10.1. The largest absolute Gasteiger partial charge is 0.360 e. The van der Waals surface area contributed by atoms with Gasteiger partial charge in [-0.15, -0.1) is 0 Å². The van der Waals surface area contributed by atoms with E-state index in [2.05, 4.69) is 10.3 Å². The molecule has 0 saturated heterocycles. The minimum Gasteiger partial charge on any atom is -0.360 e. The van der Waals surface area contributed by atoms with Gasteiger partial charge in [-0.1, -0.05) is 30.3 Å². The number of aromatic nitrogens is 1. The molecule has 2 aromatic carbocycles. The summed E-state index contributed by atoms with van der Waals surface area (Å²) < 4.78 is 13.1. The fourth-order valence-electron chi connectivity index (χ4n) is 2.27. The van der Waals surface area contributed by atoms with Gasteiger partial charge >= 0.3 is 0 Å². The summed E-state index contributed by atoms with van der Waals surface area (Å²) in [7, 11) is 0. The molecule has 0 aliphatic carbocycles. The number of Topliss-reactive ketones (excluding diaryl/α,β-unsaturated/α-hetero) is 1. The van der Waals surface area contributed by atoms with Crippen LogP contribution >= 0.6 is 0 Å². The van der Waals surface area contributed by atoms with Crippen molar-refractivity contribution in [3.8, 4) is 0 Å². The summed E-state index contributed by atoms with van der Waals surface area (Å²) in [6, 6.07) is 13.3. The Morgan fingerprint density at radius 1 is 1.09 bits per heavy atom. The van der Waals surface area contributed by atoms with Crippen molar-refractivity contribution in [2.45, 2.75) is 6.54 Å². The SMILES string of the molecule is O=C(NCc1ccccc1)C(=O)c1c[nH]c2cc(F)ccc12. The summed E-state index contributed by atoms with van der Waals surface area (Å²) in [6.45, 7) is 0.280. The first-order valence-electron chi connectivity index (χ1n) is 6.78. The number of rotatable bonds is 4. The zero-order chi connectivity index (χ0) is 15.5. The molecule has 0 aliphatic rings. The third-order valence-corrected chi connectivity index (χ3v) is 3.39. The van der Waals surface area contributed by atoms with Gasteiger partial charge < -0.3 is 10.3 Å². The van der Waals surface area contributed by atoms with Crippen LogP contribution in [-0.2, 0) is 11.3 Å². The minimum absolute atomic E-state index is 0.237. The van der Waals surface area contributed by atoms with Crippen molar-refractivity contribution in [2.75, 3.05) is 0 Å². The number of halogens is 1. The maximum Gasteiger partial charge on any atom is 0.292 e. The van der Waals surface area contributed by atoms with E-state index < -0.39 is 17.5 Å². The number of ketones is 1. The molecule has 1 heterocycles. The Morgan fingerprint density at radius 3 is 2.64 bits per heavy atom. The summed E-state index contributed by atoms with van der Waals surface area (Å²) in [5.74, 6) is -1.73. The van der Waals surface area contributed by atoms with Gasteiger partial charge in [0, 0.05) is 23.6 Å². The van der Waals surface area contributed by atoms with E-state index >= 15 is 0 Å². The second-order valence-electron chi connectivity index (χ2n) is 4.89. The lowest BCUT2D eigenvalue weighted by molar-refractivity contribution is -0.117. The summed E-state index contributed by atoms with van der Waals surface area (Å²) >= 11 is 0. The number of benzene rings is 2. The molecule has 22 heavy (non-hydrogen) atoms. The molecule has 110 valence electrons. The average Bonchev–Trinajstić information content (AvgIpc) is 2.95. The molecule has 0 saturated carbocycles. The molecule has 0 radical (unpaired) electrons. The Morgan fingerprint density at radius 2 is 1.86 bits per heavy atom. The van der Waals surface area contributed by atoms with Crippen LogP contribution in [0.4, 0.5) is 4.39 Å². The van der Waals surface area contributed by atoms with Crippen molar-refractivity contribution >= 4 is 22.6 Å². The molecule has 3 aromatic rings. The van der Waals surface area contributed by atoms with Gasteiger partial charge in [0.2, 0.25) is 0 Å². The van der Waals surface area contributed by atoms with Gasteiger partial charge in [-0.2, -0.15) is 0 Å². The molecule has 3 rings (SSSR count). The number of nitrogens with one attached hydrogen (secondary N) is 2. The number of hydrogen-bond donors (Lipinski definition) is 2. The Hall–Kier alpha value is -2.95. The maximum atomic E-state index is 13.1. The molecule has 0 spiro atoms. The molecule has 1 amide bonds. The molecule has 0 bridgehead atoms.